The second kappa shape index (κ2) is 60.6. The fourth-order valence-corrected chi connectivity index (χ4v) is 8.20. The Morgan fingerprint density at radius 2 is 0.562 bits per heavy atom. The van der Waals surface area contributed by atoms with Gasteiger partial charge in [0.25, 0.3) is 0 Å². The molecule has 0 saturated heterocycles. The van der Waals surface area contributed by atoms with Crippen LogP contribution in [-0.2, 0) is 28.6 Å². The maximum absolute atomic E-state index is 12.9. The third-order valence-electron chi connectivity index (χ3n) is 12.7. The molecule has 0 aromatic heterocycles. The Bertz CT molecular complexity index is 1490. The maximum Gasteiger partial charge on any atom is 0.306 e. The summed E-state index contributed by atoms with van der Waals surface area (Å²) < 4.78 is 16.8. The lowest BCUT2D eigenvalue weighted by Crippen LogP contribution is -2.30. The van der Waals surface area contributed by atoms with Gasteiger partial charge in [-0.3, -0.25) is 14.4 Å². The first-order chi connectivity index (χ1) is 36.0. The number of ether oxygens (including phenoxy) is 3. The van der Waals surface area contributed by atoms with Crippen LogP contribution in [0.4, 0.5) is 0 Å². The molecule has 0 aliphatic heterocycles. The van der Waals surface area contributed by atoms with Gasteiger partial charge in [-0.2, -0.15) is 0 Å². The Balaban J connectivity index is 4.51. The van der Waals surface area contributed by atoms with E-state index in [0.29, 0.717) is 19.3 Å². The number of unbranched alkanes of at least 4 members (excludes halogenated alkanes) is 25. The van der Waals surface area contributed by atoms with Crippen LogP contribution in [0.1, 0.15) is 278 Å². The zero-order valence-electron chi connectivity index (χ0n) is 47.6. The molecule has 6 heteroatoms. The number of rotatable bonds is 54. The fourth-order valence-electron chi connectivity index (χ4n) is 8.20. The van der Waals surface area contributed by atoms with Gasteiger partial charge in [0, 0.05) is 19.3 Å². The molecule has 73 heavy (non-hydrogen) atoms. The van der Waals surface area contributed by atoms with Crippen molar-refractivity contribution in [1.29, 1.82) is 0 Å². The summed E-state index contributed by atoms with van der Waals surface area (Å²) in [5, 5.41) is 0. The minimum Gasteiger partial charge on any atom is -0.462 e. The molecule has 416 valence electrons. The Morgan fingerprint density at radius 3 is 0.959 bits per heavy atom. The van der Waals surface area contributed by atoms with Crippen LogP contribution in [-0.4, -0.2) is 37.2 Å². The summed E-state index contributed by atoms with van der Waals surface area (Å²) in [6.07, 6.45) is 82.3. The lowest BCUT2D eigenvalue weighted by Gasteiger charge is -2.18. The lowest BCUT2D eigenvalue weighted by atomic mass is 10.1. The van der Waals surface area contributed by atoms with Gasteiger partial charge in [-0.1, -0.05) is 252 Å². The highest BCUT2D eigenvalue weighted by Gasteiger charge is 2.19. The zero-order valence-corrected chi connectivity index (χ0v) is 47.6. The molecule has 0 aliphatic rings. The fraction of sp³-hybridized carbons (Fsp3) is 0.687. The summed E-state index contributed by atoms with van der Waals surface area (Å²) in [4.78, 5) is 38.2. The van der Waals surface area contributed by atoms with Crippen molar-refractivity contribution in [3.8, 4) is 0 Å². The second-order valence-electron chi connectivity index (χ2n) is 19.9. The van der Waals surface area contributed by atoms with Crippen LogP contribution in [0.15, 0.2) is 109 Å². The van der Waals surface area contributed by atoms with Gasteiger partial charge in [-0.25, -0.2) is 0 Å². The van der Waals surface area contributed by atoms with Crippen LogP contribution in [0.2, 0.25) is 0 Å². The Hall–Kier alpha value is -3.93. The number of allylic oxidation sites excluding steroid dienone is 18. The third-order valence-corrected chi connectivity index (χ3v) is 12.7. The molecule has 0 saturated carbocycles. The quantitative estimate of drug-likeness (QED) is 0.0261. The van der Waals surface area contributed by atoms with E-state index in [1.165, 1.54) is 148 Å². The maximum atomic E-state index is 12.9. The van der Waals surface area contributed by atoms with Crippen LogP contribution >= 0.6 is 0 Å². The average molecular weight is 1010 g/mol. The molecule has 0 bridgehead atoms. The van der Waals surface area contributed by atoms with E-state index >= 15 is 0 Å². The molecule has 6 nitrogen and oxygen atoms in total. The van der Waals surface area contributed by atoms with Crippen LogP contribution in [0.25, 0.3) is 0 Å². The molecule has 0 radical (unpaired) electrons. The topological polar surface area (TPSA) is 78.9 Å². The van der Waals surface area contributed by atoms with Gasteiger partial charge in [0.05, 0.1) is 0 Å². The Morgan fingerprint density at radius 1 is 0.288 bits per heavy atom. The minimum absolute atomic E-state index is 0.106. The number of esters is 3. The van der Waals surface area contributed by atoms with Crippen LogP contribution in [0, 0.1) is 0 Å². The van der Waals surface area contributed by atoms with Gasteiger partial charge in [-0.05, 0) is 116 Å². The van der Waals surface area contributed by atoms with Crippen molar-refractivity contribution in [3.05, 3.63) is 109 Å². The van der Waals surface area contributed by atoms with Crippen LogP contribution < -0.4 is 0 Å². The Kier molecular flexibility index (Phi) is 57.4. The van der Waals surface area contributed by atoms with Crippen molar-refractivity contribution < 1.29 is 28.6 Å². The number of hydrogen-bond donors (Lipinski definition) is 0. The molecule has 0 heterocycles. The van der Waals surface area contributed by atoms with Gasteiger partial charge in [0.2, 0.25) is 0 Å². The second-order valence-corrected chi connectivity index (χ2v) is 19.9. The number of carbonyl (C=O) groups excluding carboxylic acids is 3. The molecular formula is C67H112O6. The van der Waals surface area contributed by atoms with E-state index in [4.69, 9.17) is 14.2 Å². The van der Waals surface area contributed by atoms with Crippen molar-refractivity contribution in [2.45, 2.75) is 284 Å². The van der Waals surface area contributed by atoms with E-state index in [0.717, 1.165) is 83.5 Å². The highest BCUT2D eigenvalue weighted by Crippen LogP contribution is 2.15. The van der Waals surface area contributed by atoms with E-state index in [-0.39, 0.29) is 37.5 Å². The van der Waals surface area contributed by atoms with Gasteiger partial charge < -0.3 is 14.2 Å². The first-order valence-corrected chi connectivity index (χ1v) is 30.4. The molecule has 0 amide bonds. The molecule has 0 N–H and O–H groups in total. The van der Waals surface area contributed by atoms with E-state index in [1.54, 1.807) is 0 Å². The molecule has 0 spiro atoms. The normalized spacial score (nSPS) is 12.9. The predicted octanol–water partition coefficient (Wildman–Crippen LogP) is 20.7. The number of hydrogen-bond acceptors (Lipinski definition) is 6. The molecule has 0 rings (SSSR count). The monoisotopic (exact) mass is 1010 g/mol. The average Bonchev–Trinajstić information content (AvgIpc) is 3.39. The van der Waals surface area contributed by atoms with Gasteiger partial charge in [-0.15, -0.1) is 0 Å². The first kappa shape index (κ1) is 69.1. The molecule has 0 aromatic carbocycles. The molecular weight excluding hydrogens is 901 g/mol. The van der Waals surface area contributed by atoms with Crippen molar-refractivity contribution in [3.63, 3.8) is 0 Å². The first-order valence-electron chi connectivity index (χ1n) is 30.4. The SMILES string of the molecule is CC/C=C\C/C=C\C/C=C\C/C=C\C/C=C\C/C=C\CCC(=O)OCC(COC(=O)CCCCCCCCC/C=C\CCCCCCCC)OC(=O)CCCCCCCCCCC/C=C\C/C=C\CCCCC. The van der Waals surface area contributed by atoms with Crippen molar-refractivity contribution in [2.24, 2.45) is 0 Å². The van der Waals surface area contributed by atoms with E-state index in [2.05, 4.69) is 124 Å². The molecule has 0 fully saturated rings. The third kappa shape index (κ3) is 58.8. The molecule has 0 aliphatic carbocycles. The standard InChI is InChI=1S/C67H112O6/c1-4-7-10-13-16-19-22-25-28-31-33-36-39-42-45-48-51-54-57-60-66(69)72-63-64(62-71-65(68)59-56-53-50-47-44-41-38-35-30-27-24-21-18-15-12-9-6-3)73-67(70)61-58-55-52-49-46-43-40-37-34-32-29-26-23-20-17-14-11-8-5-2/h7,10,16-17,19-20,25-30,33,36,42,45,51,54,64H,4-6,8-9,11-15,18,21-24,31-32,34-35,37-41,43-44,46-50,52-53,55-63H2,1-3H3/b10-7-,19-16-,20-17-,28-25-,29-26-,30-27-,36-33-,45-42-,54-51-. The van der Waals surface area contributed by atoms with Gasteiger partial charge in [0.1, 0.15) is 13.2 Å². The van der Waals surface area contributed by atoms with Gasteiger partial charge in [0.15, 0.2) is 6.10 Å². The largest absolute Gasteiger partial charge is 0.462 e. The summed E-state index contributed by atoms with van der Waals surface area (Å²) in [7, 11) is 0. The highest BCUT2D eigenvalue weighted by molar-refractivity contribution is 5.71. The lowest BCUT2D eigenvalue weighted by molar-refractivity contribution is -0.166. The van der Waals surface area contributed by atoms with Gasteiger partial charge >= 0.3 is 17.9 Å². The van der Waals surface area contributed by atoms with Crippen molar-refractivity contribution >= 4 is 17.9 Å². The van der Waals surface area contributed by atoms with E-state index in [1.807, 2.05) is 6.08 Å². The zero-order chi connectivity index (χ0) is 52.9. The summed E-state index contributed by atoms with van der Waals surface area (Å²) in [6, 6.07) is 0. The predicted molar refractivity (Wildman–Crippen MR) is 316 cm³/mol. The Labute approximate surface area is 450 Å². The van der Waals surface area contributed by atoms with Crippen LogP contribution in [0.5, 0.6) is 0 Å². The summed E-state index contributed by atoms with van der Waals surface area (Å²) in [5.41, 5.74) is 0. The molecule has 1 atom stereocenters. The molecule has 1 unspecified atom stereocenters. The smallest absolute Gasteiger partial charge is 0.306 e. The molecule has 0 aromatic rings. The number of carbonyl (C=O) groups is 3. The summed E-state index contributed by atoms with van der Waals surface area (Å²) in [6.45, 7) is 6.44. The van der Waals surface area contributed by atoms with Crippen molar-refractivity contribution in [1.82, 2.24) is 0 Å². The van der Waals surface area contributed by atoms with Crippen LogP contribution in [0.3, 0.4) is 0 Å². The summed E-state index contributed by atoms with van der Waals surface area (Å²) >= 11 is 0. The van der Waals surface area contributed by atoms with E-state index < -0.39 is 6.10 Å². The summed E-state index contributed by atoms with van der Waals surface area (Å²) in [5.74, 6) is -0.998. The minimum atomic E-state index is -0.815. The van der Waals surface area contributed by atoms with E-state index in [9.17, 15) is 14.4 Å². The highest BCUT2D eigenvalue weighted by atomic mass is 16.6. The van der Waals surface area contributed by atoms with Crippen molar-refractivity contribution in [2.75, 3.05) is 13.2 Å².